The van der Waals surface area contributed by atoms with Crippen LogP contribution in [0.5, 0.6) is 0 Å². The number of imide groups is 2. The third kappa shape index (κ3) is 2.51. The average molecular weight is 300 g/mol. The molecule has 0 aromatic heterocycles. The molecule has 1 aliphatic heterocycles. The Labute approximate surface area is 129 Å². The molecule has 5 nitrogen and oxygen atoms in total. The Morgan fingerprint density at radius 1 is 1.00 bits per heavy atom. The quantitative estimate of drug-likeness (QED) is 0.637. The van der Waals surface area contributed by atoms with Gasteiger partial charge in [0.25, 0.3) is 0 Å². The fourth-order valence-corrected chi connectivity index (χ4v) is 3.40. The zero-order valence-corrected chi connectivity index (χ0v) is 12.7. The van der Waals surface area contributed by atoms with Crippen molar-refractivity contribution in [1.29, 1.82) is 0 Å². The summed E-state index contributed by atoms with van der Waals surface area (Å²) in [7, 11) is 0. The molecule has 2 fully saturated rings. The predicted octanol–water partition coefficient (Wildman–Crippen LogP) is 2.56. The van der Waals surface area contributed by atoms with Crippen molar-refractivity contribution in [2.24, 2.45) is 5.92 Å². The third-order valence-electron chi connectivity index (χ3n) is 4.67. The summed E-state index contributed by atoms with van der Waals surface area (Å²) in [5, 5.41) is 0. The second-order valence-electron chi connectivity index (χ2n) is 6.16. The van der Waals surface area contributed by atoms with Crippen LogP contribution in [0.25, 0.3) is 0 Å². The molecule has 22 heavy (non-hydrogen) atoms. The molecule has 1 saturated heterocycles. The van der Waals surface area contributed by atoms with Crippen LogP contribution >= 0.6 is 0 Å². The van der Waals surface area contributed by atoms with Crippen molar-refractivity contribution in [2.45, 2.75) is 45.2 Å². The Bertz CT molecular complexity index is 599. The van der Waals surface area contributed by atoms with E-state index < -0.39 is 17.8 Å². The molecule has 0 unspecified atom stereocenters. The van der Waals surface area contributed by atoms with Gasteiger partial charge in [-0.2, -0.15) is 0 Å². The summed E-state index contributed by atoms with van der Waals surface area (Å²) in [6.45, 7) is 2.20. The smallest absolute Gasteiger partial charge is 0.263 e. The van der Waals surface area contributed by atoms with Crippen LogP contribution < -0.4 is 0 Å². The number of urea groups is 1. The number of carbonyl (C=O) groups is 3. The number of hydrogen-bond acceptors (Lipinski definition) is 3. The Balaban J connectivity index is 1.81. The van der Waals surface area contributed by atoms with E-state index in [0.717, 1.165) is 36.1 Å². The zero-order valence-electron chi connectivity index (χ0n) is 12.7. The van der Waals surface area contributed by atoms with Gasteiger partial charge in [-0.15, -0.1) is 0 Å². The molecule has 116 valence electrons. The maximum Gasteiger partial charge on any atom is 0.334 e. The van der Waals surface area contributed by atoms with Crippen molar-refractivity contribution in [1.82, 2.24) is 9.80 Å². The van der Waals surface area contributed by atoms with Gasteiger partial charge in [-0.25, -0.2) is 4.79 Å². The van der Waals surface area contributed by atoms with Crippen LogP contribution in [0.15, 0.2) is 30.3 Å². The Morgan fingerprint density at radius 2 is 1.68 bits per heavy atom. The minimum atomic E-state index is -0.702. The van der Waals surface area contributed by atoms with Gasteiger partial charge in [0.05, 0.1) is 6.54 Å². The highest BCUT2D eigenvalue weighted by Crippen LogP contribution is 2.31. The topological polar surface area (TPSA) is 57.7 Å². The number of benzene rings is 1. The first-order valence-electron chi connectivity index (χ1n) is 7.82. The van der Waals surface area contributed by atoms with Gasteiger partial charge < -0.3 is 0 Å². The third-order valence-corrected chi connectivity index (χ3v) is 4.67. The predicted molar refractivity (Wildman–Crippen MR) is 80.7 cm³/mol. The molecule has 0 N–H and O–H groups in total. The molecule has 2 atom stereocenters. The molecule has 5 heteroatoms. The van der Waals surface area contributed by atoms with Crippen LogP contribution in [0.2, 0.25) is 0 Å². The summed E-state index contributed by atoms with van der Waals surface area (Å²) >= 11 is 0. The second kappa shape index (κ2) is 5.91. The van der Waals surface area contributed by atoms with E-state index in [4.69, 9.17) is 0 Å². The molecule has 1 heterocycles. The highest BCUT2D eigenvalue weighted by molar-refractivity contribution is 6.44. The van der Waals surface area contributed by atoms with Gasteiger partial charge in [0, 0.05) is 6.04 Å². The monoisotopic (exact) mass is 300 g/mol. The van der Waals surface area contributed by atoms with Crippen LogP contribution in [0.3, 0.4) is 0 Å². The van der Waals surface area contributed by atoms with E-state index in [0.29, 0.717) is 0 Å². The lowest BCUT2D eigenvalue weighted by Crippen LogP contribution is -2.46. The first kappa shape index (κ1) is 14.8. The Morgan fingerprint density at radius 3 is 2.36 bits per heavy atom. The Hall–Kier alpha value is -2.17. The van der Waals surface area contributed by atoms with Crippen molar-refractivity contribution < 1.29 is 14.4 Å². The van der Waals surface area contributed by atoms with Crippen molar-refractivity contribution in [3.63, 3.8) is 0 Å². The van der Waals surface area contributed by atoms with Crippen molar-refractivity contribution >= 4 is 17.8 Å². The Kier molecular flexibility index (Phi) is 3.96. The number of amides is 4. The molecule has 0 radical (unpaired) electrons. The average Bonchev–Trinajstić information content (AvgIpc) is 2.73. The fourth-order valence-electron chi connectivity index (χ4n) is 3.40. The molecule has 4 amide bonds. The van der Waals surface area contributed by atoms with Crippen LogP contribution in [0.4, 0.5) is 4.79 Å². The minimum absolute atomic E-state index is 0.140. The fraction of sp³-hybridized carbons (Fsp3) is 0.471. The molecule has 0 spiro atoms. The highest BCUT2D eigenvalue weighted by Gasteiger charge is 2.48. The van der Waals surface area contributed by atoms with Gasteiger partial charge in [-0.3, -0.25) is 19.4 Å². The van der Waals surface area contributed by atoms with E-state index in [2.05, 4.69) is 6.92 Å². The van der Waals surface area contributed by atoms with Crippen molar-refractivity contribution in [2.75, 3.05) is 0 Å². The van der Waals surface area contributed by atoms with E-state index in [1.807, 2.05) is 30.3 Å². The number of rotatable bonds is 3. The first-order chi connectivity index (χ1) is 10.6. The summed E-state index contributed by atoms with van der Waals surface area (Å²) in [6.07, 6.45) is 3.91. The molecular weight excluding hydrogens is 280 g/mol. The zero-order chi connectivity index (χ0) is 15.7. The van der Waals surface area contributed by atoms with Gasteiger partial charge in [0.2, 0.25) is 0 Å². The van der Waals surface area contributed by atoms with Crippen LogP contribution in [-0.2, 0) is 16.1 Å². The summed E-state index contributed by atoms with van der Waals surface area (Å²) < 4.78 is 0. The number of nitrogens with zero attached hydrogens (tertiary/aromatic N) is 2. The summed E-state index contributed by atoms with van der Waals surface area (Å²) in [6, 6.07) is 8.66. The molecule has 0 bridgehead atoms. The minimum Gasteiger partial charge on any atom is -0.263 e. The normalized spacial score (nSPS) is 26.0. The highest BCUT2D eigenvalue weighted by atomic mass is 16.2. The number of carbonyl (C=O) groups excluding carboxylic acids is 3. The van der Waals surface area contributed by atoms with Gasteiger partial charge in [0.1, 0.15) is 0 Å². The standard InChI is InChI=1S/C17H20N2O3/c1-12-7-5-6-10-14(12)19-16(21)15(20)18(17(19)22)11-13-8-3-2-4-9-13/h2-4,8-9,12,14H,5-7,10-11H2,1H3/t12-,14+/m1/s1. The van der Waals surface area contributed by atoms with Gasteiger partial charge in [-0.1, -0.05) is 50.1 Å². The maximum atomic E-state index is 12.6. The van der Waals surface area contributed by atoms with Gasteiger partial charge in [-0.05, 0) is 24.3 Å². The van der Waals surface area contributed by atoms with E-state index >= 15 is 0 Å². The molecular formula is C17H20N2O3. The van der Waals surface area contributed by atoms with E-state index in [1.54, 1.807) is 0 Å². The van der Waals surface area contributed by atoms with Crippen LogP contribution in [0.1, 0.15) is 38.2 Å². The molecule has 1 aromatic rings. The lowest BCUT2D eigenvalue weighted by atomic mass is 9.85. The van der Waals surface area contributed by atoms with E-state index in [9.17, 15) is 14.4 Å². The second-order valence-corrected chi connectivity index (χ2v) is 6.16. The number of hydrogen-bond donors (Lipinski definition) is 0. The van der Waals surface area contributed by atoms with Gasteiger partial charge >= 0.3 is 17.8 Å². The van der Waals surface area contributed by atoms with Crippen molar-refractivity contribution in [3.8, 4) is 0 Å². The molecule has 1 aromatic carbocycles. The first-order valence-corrected chi connectivity index (χ1v) is 7.82. The lowest BCUT2D eigenvalue weighted by Gasteiger charge is -2.34. The van der Waals surface area contributed by atoms with E-state index in [-0.39, 0.29) is 18.5 Å². The SMILES string of the molecule is C[C@@H]1CCCC[C@@H]1N1C(=O)C(=O)N(Cc2ccccc2)C1=O. The van der Waals surface area contributed by atoms with Crippen LogP contribution in [-0.4, -0.2) is 33.7 Å². The van der Waals surface area contributed by atoms with Crippen LogP contribution in [0, 0.1) is 5.92 Å². The molecule has 2 aliphatic rings. The lowest BCUT2D eigenvalue weighted by molar-refractivity contribution is -0.144. The molecule has 3 rings (SSSR count). The summed E-state index contributed by atoms with van der Waals surface area (Å²) in [5.41, 5.74) is 0.843. The summed E-state index contributed by atoms with van der Waals surface area (Å²) in [4.78, 5) is 39.3. The largest absolute Gasteiger partial charge is 0.334 e. The van der Waals surface area contributed by atoms with Gasteiger partial charge in [0.15, 0.2) is 0 Å². The van der Waals surface area contributed by atoms with Crippen molar-refractivity contribution in [3.05, 3.63) is 35.9 Å². The summed E-state index contributed by atoms with van der Waals surface area (Å²) in [5.74, 6) is -1.11. The molecule has 1 aliphatic carbocycles. The van der Waals surface area contributed by atoms with E-state index in [1.165, 1.54) is 4.90 Å². The maximum absolute atomic E-state index is 12.6. The molecule has 1 saturated carbocycles.